The van der Waals surface area contributed by atoms with Gasteiger partial charge in [0.25, 0.3) is 0 Å². The number of nitrogens with zero attached hydrogens (tertiary/aromatic N) is 1. The zero-order chi connectivity index (χ0) is 13.4. The van der Waals surface area contributed by atoms with E-state index >= 15 is 0 Å². The molecule has 1 fully saturated rings. The van der Waals surface area contributed by atoms with Crippen molar-refractivity contribution in [3.8, 4) is 0 Å². The largest absolute Gasteiger partial charge is 0.478 e. The van der Waals surface area contributed by atoms with Gasteiger partial charge in [-0.3, -0.25) is 4.90 Å². The van der Waals surface area contributed by atoms with Crippen LogP contribution in [0.25, 0.3) is 0 Å². The third-order valence-electron chi connectivity index (χ3n) is 3.60. The fourth-order valence-corrected chi connectivity index (χ4v) is 2.40. The number of urea groups is 1. The minimum absolute atomic E-state index is 0.106. The van der Waals surface area contributed by atoms with Gasteiger partial charge in [0.1, 0.15) is 0 Å². The minimum Gasteiger partial charge on any atom is -0.478 e. The average molecular weight is 260 g/mol. The van der Waals surface area contributed by atoms with Crippen molar-refractivity contribution in [1.82, 2.24) is 5.32 Å². The summed E-state index contributed by atoms with van der Waals surface area (Å²) < 4.78 is 0. The van der Waals surface area contributed by atoms with Crippen LogP contribution in [0.5, 0.6) is 0 Å². The normalized spacial score (nSPS) is 17.8. The summed E-state index contributed by atoms with van der Waals surface area (Å²) in [6, 6.07) is 5.22. The monoisotopic (exact) mass is 260 g/mol. The number of carbonyl (C=O) groups is 2. The maximum atomic E-state index is 12.2. The number of hydrogen-bond donors (Lipinski definition) is 2. The lowest BCUT2D eigenvalue weighted by molar-refractivity contribution is 0.0697. The van der Waals surface area contributed by atoms with Crippen molar-refractivity contribution in [3.63, 3.8) is 0 Å². The van der Waals surface area contributed by atoms with Crippen LogP contribution >= 0.6 is 0 Å². The van der Waals surface area contributed by atoms with Crippen LogP contribution in [0.3, 0.4) is 0 Å². The molecule has 0 spiro atoms. The van der Waals surface area contributed by atoms with E-state index in [-0.39, 0.29) is 11.6 Å². The first kappa shape index (κ1) is 12.0. The molecule has 2 N–H and O–H groups in total. The lowest BCUT2D eigenvalue weighted by Gasteiger charge is -2.29. The number of carboxylic acid groups (broad SMARTS) is 1. The fourth-order valence-electron chi connectivity index (χ4n) is 2.40. The Labute approximate surface area is 111 Å². The SMILES string of the molecule is O=C(O)c1ccc2c(c1)N(C(=O)NC1CC1)CCC2. The molecule has 100 valence electrons. The second-order valence-corrected chi connectivity index (χ2v) is 5.13. The van der Waals surface area contributed by atoms with Gasteiger partial charge in [-0.1, -0.05) is 6.07 Å². The summed E-state index contributed by atoms with van der Waals surface area (Å²) in [5.41, 5.74) is 2.01. The molecule has 2 aliphatic rings. The van der Waals surface area contributed by atoms with Gasteiger partial charge >= 0.3 is 12.0 Å². The lowest BCUT2D eigenvalue weighted by Crippen LogP contribution is -2.43. The lowest BCUT2D eigenvalue weighted by atomic mass is 10.00. The molecule has 19 heavy (non-hydrogen) atoms. The van der Waals surface area contributed by atoms with E-state index in [4.69, 9.17) is 5.11 Å². The Balaban J connectivity index is 1.90. The van der Waals surface area contributed by atoms with Crippen molar-refractivity contribution < 1.29 is 14.7 Å². The van der Waals surface area contributed by atoms with Crippen LogP contribution in [-0.2, 0) is 6.42 Å². The summed E-state index contributed by atoms with van der Waals surface area (Å²) in [4.78, 5) is 24.9. The highest BCUT2D eigenvalue weighted by Crippen LogP contribution is 2.29. The van der Waals surface area contributed by atoms with Crippen molar-refractivity contribution in [1.29, 1.82) is 0 Å². The van der Waals surface area contributed by atoms with Crippen LogP contribution in [0, 0.1) is 0 Å². The van der Waals surface area contributed by atoms with Crippen molar-refractivity contribution >= 4 is 17.7 Å². The smallest absolute Gasteiger partial charge is 0.335 e. The molecule has 1 aromatic carbocycles. The Bertz CT molecular complexity index is 537. The van der Waals surface area contributed by atoms with Gasteiger partial charge in [0, 0.05) is 18.3 Å². The number of aromatic carboxylic acids is 1. The van der Waals surface area contributed by atoms with E-state index in [1.165, 1.54) is 0 Å². The number of carbonyl (C=O) groups excluding carboxylic acids is 1. The average Bonchev–Trinajstić information content (AvgIpc) is 3.21. The van der Waals surface area contributed by atoms with E-state index in [2.05, 4.69) is 5.32 Å². The summed E-state index contributed by atoms with van der Waals surface area (Å²) in [5.74, 6) is -0.962. The Morgan fingerprint density at radius 3 is 2.79 bits per heavy atom. The van der Waals surface area contributed by atoms with Gasteiger partial charge in [-0.25, -0.2) is 9.59 Å². The Hall–Kier alpha value is -2.04. The quantitative estimate of drug-likeness (QED) is 0.854. The highest BCUT2D eigenvalue weighted by molar-refractivity contribution is 5.96. The first-order chi connectivity index (χ1) is 9.15. The minimum atomic E-state index is -0.962. The predicted molar refractivity (Wildman–Crippen MR) is 70.6 cm³/mol. The van der Waals surface area contributed by atoms with Gasteiger partial charge in [0.05, 0.1) is 5.56 Å². The number of hydrogen-bond acceptors (Lipinski definition) is 2. The maximum absolute atomic E-state index is 12.2. The first-order valence-electron chi connectivity index (χ1n) is 6.59. The molecule has 1 aromatic rings. The Kier molecular flexibility index (Phi) is 2.89. The van der Waals surface area contributed by atoms with Crippen molar-refractivity contribution in [2.24, 2.45) is 0 Å². The third-order valence-corrected chi connectivity index (χ3v) is 3.60. The van der Waals surface area contributed by atoms with Gasteiger partial charge in [-0.05, 0) is 43.4 Å². The Morgan fingerprint density at radius 2 is 2.11 bits per heavy atom. The highest BCUT2D eigenvalue weighted by atomic mass is 16.4. The van der Waals surface area contributed by atoms with Crippen molar-refractivity contribution in [3.05, 3.63) is 29.3 Å². The van der Waals surface area contributed by atoms with E-state index < -0.39 is 5.97 Å². The molecule has 0 aromatic heterocycles. The second-order valence-electron chi connectivity index (χ2n) is 5.13. The molecule has 5 heteroatoms. The molecule has 1 heterocycles. The summed E-state index contributed by atoms with van der Waals surface area (Å²) in [7, 11) is 0. The predicted octanol–water partition coefficient (Wildman–Crippen LogP) is 2.01. The van der Waals surface area contributed by atoms with E-state index in [9.17, 15) is 9.59 Å². The zero-order valence-electron chi connectivity index (χ0n) is 10.6. The molecule has 0 radical (unpaired) electrons. The third kappa shape index (κ3) is 2.41. The van der Waals surface area contributed by atoms with Gasteiger partial charge in [-0.15, -0.1) is 0 Å². The molecule has 0 saturated heterocycles. The molecule has 3 rings (SSSR count). The molecular weight excluding hydrogens is 244 g/mol. The van der Waals surface area contributed by atoms with Gasteiger partial charge in [-0.2, -0.15) is 0 Å². The molecule has 5 nitrogen and oxygen atoms in total. The number of benzene rings is 1. The molecule has 0 atom stereocenters. The van der Waals surface area contributed by atoms with Crippen LogP contribution in [0.15, 0.2) is 18.2 Å². The number of fused-ring (bicyclic) bond motifs is 1. The summed E-state index contributed by atoms with van der Waals surface area (Å²) in [6.45, 7) is 0.647. The van der Waals surface area contributed by atoms with E-state index in [1.807, 2.05) is 6.07 Å². The molecule has 0 unspecified atom stereocenters. The molecular formula is C14H16N2O3. The van der Waals surface area contributed by atoms with Gasteiger partial charge in [0.2, 0.25) is 0 Å². The van der Waals surface area contributed by atoms with Crippen molar-refractivity contribution in [2.75, 3.05) is 11.4 Å². The van der Waals surface area contributed by atoms with Crippen molar-refractivity contribution in [2.45, 2.75) is 31.7 Å². The standard InChI is InChI=1S/C14H16N2O3/c17-13(18)10-4-3-9-2-1-7-16(12(9)8-10)14(19)15-11-5-6-11/h3-4,8,11H,1-2,5-7H2,(H,15,19)(H,17,18). The van der Waals surface area contributed by atoms with Crippen LogP contribution in [0.4, 0.5) is 10.5 Å². The molecule has 0 bridgehead atoms. The number of amides is 2. The van der Waals surface area contributed by atoms with E-state index in [1.54, 1.807) is 17.0 Å². The zero-order valence-corrected chi connectivity index (χ0v) is 10.6. The van der Waals surface area contributed by atoms with Gasteiger partial charge < -0.3 is 10.4 Å². The molecule has 1 saturated carbocycles. The molecule has 1 aliphatic carbocycles. The number of anilines is 1. The van der Waals surface area contributed by atoms with E-state index in [0.717, 1.165) is 36.9 Å². The van der Waals surface area contributed by atoms with Crippen LogP contribution in [0.2, 0.25) is 0 Å². The number of rotatable bonds is 2. The molecule has 2 amide bonds. The van der Waals surface area contributed by atoms with E-state index in [0.29, 0.717) is 12.6 Å². The number of aryl methyl sites for hydroxylation is 1. The molecule has 1 aliphatic heterocycles. The van der Waals surface area contributed by atoms with Crippen LogP contribution in [0.1, 0.15) is 35.2 Å². The van der Waals surface area contributed by atoms with Crippen LogP contribution in [-0.4, -0.2) is 29.7 Å². The number of nitrogens with one attached hydrogen (secondary N) is 1. The highest BCUT2D eigenvalue weighted by Gasteiger charge is 2.29. The summed E-state index contributed by atoms with van der Waals surface area (Å²) in [5, 5.41) is 12.0. The maximum Gasteiger partial charge on any atom is 0.335 e. The first-order valence-corrected chi connectivity index (χ1v) is 6.59. The Morgan fingerprint density at radius 1 is 1.32 bits per heavy atom. The summed E-state index contributed by atoms with van der Waals surface area (Å²) in [6.07, 6.45) is 3.89. The number of carboxylic acids is 1. The second kappa shape index (κ2) is 4.57. The fraction of sp³-hybridized carbons (Fsp3) is 0.429. The van der Waals surface area contributed by atoms with Crippen LogP contribution < -0.4 is 10.2 Å². The van der Waals surface area contributed by atoms with Gasteiger partial charge in [0.15, 0.2) is 0 Å². The summed E-state index contributed by atoms with van der Waals surface area (Å²) >= 11 is 0. The topological polar surface area (TPSA) is 69.6 Å².